The maximum absolute atomic E-state index is 12.1. The third kappa shape index (κ3) is 4.55. The van der Waals surface area contributed by atoms with Crippen LogP contribution >= 0.6 is 11.3 Å². The zero-order valence-corrected chi connectivity index (χ0v) is 14.9. The first-order valence-corrected chi connectivity index (χ1v) is 8.28. The molecule has 24 heavy (non-hydrogen) atoms. The number of methoxy groups -OCH3 is 1. The number of nitrogens with zero attached hydrogens (tertiary/aromatic N) is 1. The molecule has 0 unspecified atom stereocenters. The number of hydrogen-bond donors (Lipinski definition) is 1. The summed E-state index contributed by atoms with van der Waals surface area (Å²) in [6.07, 6.45) is -0.877. The third-order valence-corrected chi connectivity index (χ3v) is 4.42. The third-order valence-electron chi connectivity index (χ3n) is 3.37. The quantitative estimate of drug-likeness (QED) is 0.812. The molecular weight excluding hydrogens is 328 g/mol. The van der Waals surface area contributed by atoms with Crippen LogP contribution < -0.4 is 10.1 Å². The number of benzene rings is 1. The summed E-state index contributed by atoms with van der Waals surface area (Å²) in [7, 11) is 1.60. The minimum Gasteiger partial charge on any atom is -0.497 e. The largest absolute Gasteiger partial charge is 0.497 e. The van der Waals surface area contributed by atoms with Crippen molar-refractivity contribution in [2.24, 2.45) is 0 Å². The average Bonchev–Trinajstić information content (AvgIpc) is 2.91. The second kappa shape index (κ2) is 7.92. The van der Waals surface area contributed by atoms with E-state index in [9.17, 15) is 9.59 Å². The number of aryl methyl sites for hydroxylation is 2. The Bertz CT molecular complexity index is 725. The molecule has 0 aliphatic heterocycles. The lowest BCUT2D eigenvalue weighted by Gasteiger charge is -2.13. The smallest absolute Gasteiger partial charge is 0.351 e. The first kappa shape index (κ1) is 17.9. The Morgan fingerprint density at radius 1 is 1.25 bits per heavy atom. The molecule has 0 aliphatic rings. The fourth-order valence-electron chi connectivity index (χ4n) is 2.06. The van der Waals surface area contributed by atoms with Crippen LogP contribution in [0.15, 0.2) is 24.3 Å². The van der Waals surface area contributed by atoms with Crippen LogP contribution in [0, 0.1) is 13.8 Å². The minimum atomic E-state index is -0.877. The van der Waals surface area contributed by atoms with Crippen LogP contribution in [0.1, 0.15) is 32.9 Å². The molecule has 1 atom stereocenters. The summed E-state index contributed by atoms with van der Waals surface area (Å²) in [5.74, 6) is -0.120. The van der Waals surface area contributed by atoms with Crippen LogP contribution in [0.3, 0.4) is 0 Å². The van der Waals surface area contributed by atoms with Crippen LogP contribution in [0.25, 0.3) is 0 Å². The maximum atomic E-state index is 12.1. The summed E-state index contributed by atoms with van der Waals surface area (Å²) in [6.45, 7) is 5.46. The zero-order chi connectivity index (χ0) is 17.7. The van der Waals surface area contributed by atoms with E-state index >= 15 is 0 Å². The fourth-order valence-corrected chi connectivity index (χ4v) is 2.87. The van der Waals surface area contributed by atoms with Gasteiger partial charge >= 0.3 is 5.97 Å². The standard InChI is InChI=1S/C17H20N2O4S/c1-10-15(24-12(3)19-10)17(21)23-11(2)16(20)18-9-13-5-7-14(22-4)8-6-13/h5-8,11H,9H2,1-4H3,(H,18,20)/t11-/m1/s1. The number of aromatic nitrogens is 1. The Balaban J connectivity index is 1.87. The number of nitrogens with one attached hydrogen (secondary N) is 1. The van der Waals surface area contributed by atoms with Crippen molar-refractivity contribution in [2.75, 3.05) is 7.11 Å². The van der Waals surface area contributed by atoms with E-state index in [-0.39, 0.29) is 5.91 Å². The molecule has 7 heteroatoms. The van der Waals surface area contributed by atoms with Crippen molar-refractivity contribution in [3.05, 3.63) is 45.4 Å². The summed E-state index contributed by atoms with van der Waals surface area (Å²) >= 11 is 1.26. The second-order valence-corrected chi connectivity index (χ2v) is 6.46. The van der Waals surface area contributed by atoms with Crippen LogP contribution in [-0.2, 0) is 16.1 Å². The summed E-state index contributed by atoms with van der Waals surface area (Å²) < 4.78 is 10.3. The van der Waals surface area contributed by atoms with Gasteiger partial charge in [-0.15, -0.1) is 11.3 Å². The van der Waals surface area contributed by atoms with Crippen molar-refractivity contribution >= 4 is 23.2 Å². The number of amides is 1. The lowest BCUT2D eigenvalue weighted by Crippen LogP contribution is -2.35. The lowest BCUT2D eigenvalue weighted by molar-refractivity contribution is -0.129. The van der Waals surface area contributed by atoms with Crippen molar-refractivity contribution in [3.63, 3.8) is 0 Å². The normalized spacial score (nSPS) is 11.7. The summed E-state index contributed by atoms with van der Waals surface area (Å²) in [4.78, 5) is 28.8. The highest BCUT2D eigenvalue weighted by molar-refractivity contribution is 7.13. The maximum Gasteiger partial charge on any atom is 0.351 e. The van der Waals surface area contributed by atoms with E-state index in [0.29, 0.717) is 17.1 Å². The molecule has 0 saturated heterocycles. The molecule has 0 radical (unpaired) electrons. The van der Waals surface area contributed by atoms with Crippen molar-refractivity contribution in [1.82, 2.24) is 10.3 Å². The predicted molar refractivity (Wildman–Crippen MR) is 91.3 cm³/mol. The molecule has 0 aliphatic carbocycles. The Labute approximate surface area is 144 Å². The van der Waals surface area contributed by atoms with Gasteiger partial charge in [0, 0.05) is 6.54 Å². The van der Waals surface area contributed by atoms with Crippen LogP contribution in [0.4, 0.5) is 0 Å². The van der Waals surface area contributed by atoms with E-state index in [0.717, 1.165) is 16.3 Å². The van der Waals surface area contributed by atoms with Crippen LogP contribution in [-0.4, -0.2) is 30.1 Å². The Hall–Kier alpha value is -2.41. The Morgan fingerprint density at radius 2 is 1.92 bits per heavy atom. The number of rotatable bonds is 6. The molecule has 0 spiro atoms. The van der Waals surface area contributed by atoms with Gasteiger partial charge in [-0.2, -0.15) is 0 Å². The molecule has 1 aromatic heterocycles. The van der Waals surface area contributed by atoms with E-state index < -0.39 is 12.1 Å². The molecule has 0 saturated carbocycles. The number of thiazole rings is 1. The van der Waals surface area contributed by atoms with Gasteiger partial charge in [0.1, 0.15) is 10.6 Å². The molecule has 128 valence electrons. The molecule has 2 aromatic rings. The summed E-state index contributed by atoms with van der Waals surface area (Å²) in [6, 6.07) is 7.36. The van der Waals surface area contributed by atoms with Gasteiger partial charge in [0.25, 0.3) is 5.91 Å². The first-order chi connectivity index (χ1) is 11.4. The van der Waals surface area contributed by atoms with Gasteiger partial charge < -0.3 is 14.8 Å². The number of carbonyl (C=O) groups is 2. The molecule has 2 rings (SSSR count). The van der Waals surface area contributed by atoms with Gasteiger partial charge in [-0.25, -0.2) is 9.78 Å². The van der Waals surface area contributed by atoms with Gasteiger partial charge in [0.2, 0.25) is 0 Å². The molecule has 0 bridgehead atoms. The van der Waals surface area contributed by atoms with Crippen molar-refractivity contribution < 1.29 is 19.1 Å². The lowest BCUT2D eigenvalue weighted by atomic mass is 10.2. The van der Waals surface area contributed by atoms with E-state index in [1.165, 1.54) is 11.3 Å². The monoisotopic (exact) mass is 348 g/mol. The van der Waals surface area contributed by atoms with Gasteiger partial charge in [-0.1, -0.05) is 12.1 Å². The molecule has 0 fully saturated rings. The summed E-state index contributed by atoms with van der Waals surface area (Å²) in [5, 5.41) is 3.53. The number of hydrogen-bond acceptors (Lipinski definition) is 6. The molecule has 6 nitrogen and oxygen atoms in total. The van der Waals surface area contributed by atoms with Gasteiger partial charge in [-0.3, -0.25) is 4.79 Å². The number of ether oxygens (including phenoxy) is 2. The van der Waals surface area contributed by atoms with Gasteiger partial charge in [-0.05, 0) is 38.5 Å². The van der Waals surface area contributed by atoms with Gasteiger partial charge in [0.05, 0.1) is 17.8 Å². The molecule has 1 aromatic carbocycles. The zero-order valence-electron chi connectivity index (χ0n) is 14.1. The highest BCUT2D eigenvalue weighted by atomic mass is 32.1. The fraction of sp³-hybridized carbons (Fsp3) is 0.353. The average molecular weight is 348 g/mol. The molecule has 1 amide bonds. The SMILES string of the molecule is COc1ccc(CNC(=O)[C@@H](C)OC(=O)c2sc(C)nc2C)cc1. The van der Waals surface area contributed by atoms with E-state index in [1.807, 2.05) is 31.2 Å². The van der Waals surface area contributed by atoms with Crippen LogP contribution in [0.5, 0.6) is 5.75 Å². The highest BCUT2D eigenvalue weighted by Crippen LogP contribution is 2.18. The number of carbonyl (C=O) groups excluding carboxylic acids is 2. The van der Waals surface area contributed by atoms with Crippen molar-refractivity contribution in [3.8, 4) is 5.75 Å². The van der Waals surface area contributed by atoms with Gasteiger partial charge in [0.15, 0.2) is 6.10 Å². The highest BCUT2D eigenvalue weighted by Gasteiger charge is 2.22. The minimum absolute atomic E-state index is 0.349. The van der Waals surface area contributed by atoms with Crippen LogP contribution in [0.2, 0.25) is 0 Å². The molecule has 1 heterocycles. The predicted octanol–water partition coefficient (Wildman–Crippen LogP) is 2.63. The van der Waals surface area contributed by atoms with Crippen molar-refractivity contribution in [2.45, 2.75) is 33.4 Å². The van der Waals surface area contributed by atoms with Crippen molar-refractivity contribution in [1.29, 1.82) is 0 Å². The Morgan fingerprint density at radius 3 is 2.46 bits per heavy atom. The summed E-state index contributed by atoms with van der Waals surface area (Å²) in [5.41, 5.74) is 1.55. The van der Waals surface area contributed by atoms with E-state index in [4.69, 9.17) is 9.47 Å². The topological polar surface area (TPSA) is 77.5 Å². The number of esters is 1. The molecular formula is C17H20N2O4S. The first-order valence-electron chi connectivity index (χ1n) is 7.46. The van der Waals surface area contributed by atoms with E-state index in [2.05, 4.69) is 10.3 Å². The molecule has 1 N–H and O–H groups in total. The Kier molecular flexibility index (Phi) is 5.92. The van der Waals surface area contributed by atoms with E-state index in [1.54, 1.807) is 21.0 Å². The second-order valence-electron chi connectivity index (χ2n) is 5.26.